The molecule has 2 rings (SSSR count). The largest absolute Gasteiger partial charge is 0.324 e. The van der Waals surface area contributed by atoms with Crippen LogP contribution in [0.3, 0.4) is 0 Å². The molecule has 1 heterocycles. The molecule has 0 fully saturated rings. The molecule has 5 nitrogen and oxygen atoms in total. The molecule has 1 amide bonds. The maximum absolute atomic E-state index is 11.8. The number of aryl methyl sites for hydroxylation is 1. The highest BCUT2D eigenvalue weighted by Gasteiger charge is 2.12. The van der Waals surface area contributed by atoms with Crippen LogP contribution in [0.25, 0.3) is 0 Å². The Morgan fingerprint density at radius 3 is 2.63 bits per heavy atom. The van der Waals surface area contributed by atoms with E-state index in [0.29, 0.717) is 5.13 Å². The van der Waals surface area contributed by atoms with Crippen LogP contribution in [0.1, 0.15) is 23.0 Å². The first-order valence-corrected chi connectivity index (χ1v) is 6.37. The Morgan fingerprint density at radius 1 is 1.37 bits per heavy atom. The predicted octanol–water partition coefficient (Wildman–Crippen LogP) is 2.30. The lowest BCUT2D eigenvalue weighted by Crippen LogP contribution is -2.20. The van der Waals surface area contributed by atoms with E-state index in [4.69, 9.17) is 5.73 Å². The second-order valence-electron chi connectivity index (χ2n) is 3.90. The van der Waals surface area contributed by atoms with Gasteiger partial charge in [-0.3, -0.25) is 4.79 Å². The monoisotopic (exact) mass is 298 g/mol. The fourth-order valence-corrected chi connectivity index (χ4v) is 2.14. The van der Waals surface area contributed by atoms with Crippen LogP contribution < -0.4 is 11.1 Å². The predicted molar refractivity (Wildman–Crippen MR) is 78.5 cm³/mol. The summed E-state index contributed by atoms with van der Waals surface area (Å²) in [5, 5.41) is 11.7. The Morgan fingerprint density at radius 2 is 2.05 bits per heavy atom. The van der Waals surface area contributed by atoms with Gasteiger partial charge in [-0.2, -0.15) is 0 Å². The molecular weight excluding hydrogens is 284 g/mol. The van der Waals surface area contributed by atoms with Crippen LogP contribution in [0.4, 0.5) is 5.13 Å². The van der Waals surface area contributed by atoms with Crippen LogP contribution in [-0.4, -0.2) is 16.1 Å². The average molecular weight is 299 g/mol. The second-order valence-corrected chi connectivity index (χ2v) is 5.08. The zero-order valence-corrected chi connectivity index (χ0v) is 12.0. The molecule has 7 heteroatoms. The lowest BCUT2D eigenvalue weighted by atomic mass is 10.0. The van der Waals surface area contributed by atoms with Crippen LogP contribution in [-0.2, 0) is 4.79 Å². The van der Waals surface area contributed by atoms with Crippen molar-refractivity contribution in [1.29, 1.82) is 0 Å². The third-order valence-electron chi connectivity index (χ3n) is 2.41. The zero-order chi connectivity index (χ0) is 13.0. The minimum atomic E-state index is -0.305. The number of nitrogens with zero attached hydrogens (tertiary/aromatic N) is 2. The third kappa shape index (κ3) is 4.59. The van der Waals surface area contributed by atoms with E-state index in [-0.39, 0.29) is 30.8 Å². The number of rotatable bonds is 4. The van der Waals surface area contributed by atoms with E-state index < -0.39 is 0 Å². The quantitative estimate of drug-likeness (QED) is 0.907. The molecule has 19 heavy (non-hydrogen) atoms. The molecule has 1 unspecified atom stereocenters. The van der Waals surface area contributed by atoms with E-state index in [9.17, 15) is 4.79 Å². The topological polar surface area (TPSA) is 80.9 Å². The van der Waals surface area contributed by atoms with Crippen molar-refractivity contribution in [1.82, 2.24) is 10.2 Å². The molecule has 102 valence electrons. The van der Waals surface area contributed by atoms with Gasteiger partial charge in [-0.05, 0) is 12.5 Å². The molecule has 0 saturated carbocycles. The number of benzene rings is 1. The van der Waals surface area contributed by atoms with Gasteiger partial charge in [0.25, 0.3) is 0 Å². The van der Waals surface area contributed by atoms with Crippen molar-refractivity contribution in [3.63, 3.8) is 0 Å². The number of carbonyl (C=O) groups is 1. The number of hydrogen-bond acceptors (Lipinski definition) is 5. The number of aromatic nitrogens is 2. The molecule has 0 radical (unpaired) electrons. The van der Waals surface area contributed by atoms with Gasteiger partial charge in [0, 0.05) is 12.5 Å². The molecule has 1 aromatic heterocycles. The molecule has 0 bridgehead atoms. The molecule has 2 aromatic rings. The summed E-state index contributed by atoms with van der Waals surface area (Å²) < 4.78 is 0. The van der Waals surface area contributed by atoms with Crippen LogP contribution >= 0.6 is 23.7 Å². The Bertz CT molecular complexity index is 532. The van der Waals surface area contributed by atoms with Gasteiger partial charge >= 0.3 is 0 Å². The number of nitrogens with two attached hydrogens (primary N) is 1. The highest BCUT2D eigenvalue weighted by molar-refractivity contribution is 7.15. The van der Waals surface area contributed by atoms with Gasteiger partial charge in [0.2, 0.25) is 11.0 Å². The minimum absolute atomic E-state index is 0. The molecular formula is C12H15ClN4OS. The van der Waals surface area contributed by atoms with Gasteiger partial charge in [0.15, 0.2) is 0 Å². The van der Waals surface area contributed by atoms with Gasteiger partial charge in [-0.25, -0.2) is 0 Å². The first-order valence-electron chi connectivity index (χ1n) is 5.55. The van der Waals surface area contributed by atoms with Gasteiger partial charge in [0.05, 0.1) is 0 Å². The normalized spacial score (nSPS) is 11.5. The van der Waals surface area contributed by atoms with Gasteiger partial charge in [-0.1, -0.05) is 41.7 Å². The van der Waals surface area contributed by atoms with Crippen molar-refractivity contribution in [2.24, 2.45) is 5.73 Å². The lowest BCUT2D eigenvalue weighted by Gasteiger charge is -2.10. The van der Waals surface area contributed by atoms with Crippen molar-refractivity contribution in [3.8, 4) is 0 Å². The molecule has 0 aliphatic rings. The number of nitrogens with one attached hydrogen (secondary N) is 1. The van der Waals surface area contributed by atoms with E-state index in [1.807, 2.05) is 37.3 Å². The summed E-state index contributed by atoms with van der Waals surface area (Å²) in [5.74, 6) is -0.150. The molecule has 0 saturated heterocycles. The number of hydrogen-bond donors (Lipinski definition) is 2. The summed E-state index contributed by atoms with van der Waals surface area (Å²) >= 11 is 1.34. The Kier molecular flexibility index (Phi) is 5.88. The van der Waals surface area contributed by atoms with Crippen LogP contribution in [0.2, 0.25) is 0 Å². The Hall–Kier alpha value is -1.50. The SMILES string of the molecule is Cc1nnc(NC(=O)CC(N)c2ccccc2)s1.Cl. The second kappa shape index (κ2) is 7.18. The standard InChI is InChI=1S/C12H14N4OS.ClH/c1-8-15-16-12(18-8)14-11(17)7-10(13)9-5-3-2-4-6-9;/h2-6,10H,7,13H2,1H3,(H,14,16,17);1H. The number of amides is 1. The maximum atomic E-state index is 11.8. The number of carbonyl (C=O) groups excluding carboxylic acids is 1. The first-order chi connectivity index (χ1) is 8.65. The van der Waals surface area contributed by atoms with E-state index >= 15 is 0 Å². The van der Waals surface area contributed by atoms with E-state index in [0.717, 1.165) is 10.6 Å². The van der Waals surface area contributed by atoms with Crippen molar-refractivity contribution in [2.45, 2.75) is 19.4 Å². The molecule has 1 atom stereocenters. The molecule has 1 aromatic carbocycles. The fraction of sp³-hybridized carbons (Fsp3) is 0.250. The Labute approximate surface area is 121 Å². The van der Waals surface area contributed by atoms with Crippen molar-refractivity contribution in [2.75, 3.05) is 5.32 Å². The van der Waals surface area contributed by atoms with Crippen LogP contribution in [0.15, 0.2) is 30.3 Å². The fourth-order valence-electron chi connectivity index (χ4n) is 1.54. The van der Waals surface area contributed by atoms with Crippen molar-refractivity contribution >= 4 is 34.8 Å². The lowest BCUT2D eigenvalue weighted by molar-refractivity contribution is -0.116. The Balaban J connectivity index is 0.00000180. The average Bonchev–Trinajstić information content (AvgIpc) is 2.75. The number of halogens is 1. The van der Waals surface area contributed by atoms with Crippen LogP contribution in [0.5, 0.6) is 0 Å². The van der Waals surface area contributed by atoms with E-state index in [1.54, 1.807) is 0 Å². The number of anilines is 1. The summed E-state index contributed by atoms with van der Waals surface area (Å²) in [4.78, 5) is 11.8. The summed E-state index contributed by atoms with van der Waals surface area (Å²) in [6.07, 6.45) is 0.225. The first kappa shape index (κ1) is 15.6. The summed E-state index contributed by atoms with van der Waals surface area (Å²) in [6.45, 7) is 1.84. The molecule has 3 N–H and O–H groups in total. The third-order valence-corrected chi connectivity index (χ3v) is 3.16. The summed E-state index contributed by atoms with van der Waals surface area (Å²) in [5.41, 5.74) is 6.91. The highest BCUT2D eigenvalue weighted by Crippen LogP contribution is 2.17. The van der Waals surface area contributed by atoms with E-state index in [1.165, 1.54) is 11.3 Å². The molecule has 0 spiro atoms. The smallest absolute Gasteiger partial charge is 0.228 e. The maximum Gasteiger partial charge on any atom is 0.228 e. The summed E-state index contributed by atoms with van der Waals surface area (Å²) in [6, 6.07) is 9.24. The van der Waals surface area contributed by atoms with Crippen LogP contribution in [0, 0.1) is 6.92 Å². The summed E-state index contributed by atoms with van der Waals surface area (Å²) in [7, 11) is 0. The van der Waals surface area contributed by atoms with Gasteiger partial charge in [0.1, 0.15) is 5.01 Å². The van der Waals surface area contributed by atoms with Gasteiger partial charge < -0.3 is 11.1 Å². The van der Waals surface area contributed by atoms with Gasteiger partial charge in [-0.15, -0.1) is 22.6 Å². The van der Waals surface area contributed by atoms with Crippen molar-refractivity contribution in [3.05, 3.63) is 40.9 Å². The molecule has 0 aliphatic heterocycles. The highest BCUT2D eigenvalue weighted by atomic mass is 35.5. The molecule has 0 aliphatic carbocycles. The van der Waals surface area contributed by atoms with E-state index in [2.05, 4.69) is 15.5 Å². The zero-order valence-electron chi connectivity index (χ0n) is 10.4. The van der Waals surface area contributed by atoms with Crippen molar-refractivity contribution < 1.29 is 4.79 Å². The minimum Gasteiger partial charge on any atom is -0.324 e.